The maximum Gasteiger partial charge on any atom is 0.123 e. The van der Waals surface area contributed by atoms with E-state index in [1.54, 1.807) is 6.07 Å². The van der Waals surface area contributed by atoms with Gasteiger partial charge in [0, 0.05) is 17.1 Å². The Kier molecular flexibility index (Phi) is 4.94. The molecule has 2 atom stereocenters. The zero-order valence-electron chi connectivity index (χ0n) is 9.00. The fourth-order valence-corrected chi connectivity index (χ4v) is 1.94. The van der Waals surface area contributed by atoms with Gasteiger partial charge in [-0.25, -0.2) is 4.39 Å². The molecule has 0 aliphatic heterocycles. The molecule has 0 bridgehead atoms. The van der Waals surface area contributed by atoms with Crippen molar-refractivity contribution >= 4 is 15.9 Å². The molecule has 0 fully saturated rings. The van der Waals surface area contributed by atoms with Gasteiger partial charge in [-0.2, -0.15) is 0 Å². The number of rotatable bonds is 4. The number of nitrogens with one attached hydrogen (secondary N) is 1. The topological polar surface area (TPSA) is 38.0 Å². The Morgan fingerprint density at radius 3 is 2.88 bits per heavy atom. The largest absolute Gasteiger partial charge is 0.329 e. The molecular formula is C12H14BrFN2. The molecule has 0 saturated heterocycles. The Balaban J connectivity index is 2.95. The quantitative estimate of drug-likeness (QED) is 0.832. The van der Waals surface area contributed by atoms with Crippen LogP contribution in [0.3, 0.4) is 0 Å². The molecule has 0 aliphatic rings. The van der Waals surface area contributed by atoms with Gasteiger partial charge in [0.1, 0.15) is 5.82 Å². The van der Waals surface area contributed by atoms with Gasteiger partial charge in [-0.15, -0.1) is 6.42 Å². The normalized spacial score (nSPS) is 14.2. The van der Waals surface area contributed by atoms with E-state index in [0.29, 0.717) is 6.54 Å². The summed E-state index contributed by atoms with van der Waals surface area (Å²) in [5, 5.41) is 3.14. The van der Waals surface area contributed by atoms with Gasteiger partial charge in [-0.05, 0) is 30.7 Å². The summed E-state index contributed by atoms with van der Waals surface area (Å²) in [6.07, 6.45) is 5.28. The van der Waals surface area contributed by atoms with Crippen molar-refractivity contribution in [3.63, 3.8) is 0 Å². The molecule has 86 valence electrons. The fraction of sp³-hybridized carbons (Fsp3) is 0.333. The highest BCUT2D eigenvalue weighted by molar-refractivity contribution is 9.10. The molecule has 0 radical (unpaired) electrons. The standard InChI is InChI=1S/C12H14BrFN2/c1-3-8(2)16-12(7-15)10-6-9(14)4-5-11(10)13/h1,4-6,8,12,16H,7,15H2,2H3. The third-order valence-electron chi connectivity index (χ3n) is 2.27. The molecule has 0 heterocycles. The second-order valence-electron chi connectivity index (χ2n) is 3.51. The Morgan fingerprint density at radius 2 is 2.31 bits per heavy atom. The summed E-state index contributed by atoms with van der Waals surface area (Å²) < 4.78 is 14.0. The lowest BCUT2D eigenvalue weighted by Crippen LogP contribution is -2.34. The van der Waals surface area contributed by atoms with Gasteiger partial charge in [0.2, 0.25) is 0 Å². The summed E-state index contributed by atoms with van der Waals surface area (Å²) in [4.78, 5) is 0. The predicted octanol–water partition coefficient (Wildman–Crippen LogP) is 2.20. The van der Waals surface area contributed by atoms with Crippen molar-refractivity contribution in [3.05, 3.63) is 34.1 Å². The van der Waals surface area contributed by atoms with E-state index in [2.05, 4.69) is 27.2 Å². The van der Waals surface area contributed by atoms with Crippen LogP contribution >= 0.6 is 15.9 Å². The van der Waals surface area contributed by atoms with Crippen LogP contribution in [-0.2, 0) is 0 Å². The van der Waals surface area contributed by atoms with Gasteiger partial charge in [-0.3, -0.25) is 5.32 Å². The smallest absolute Gasteiger partial charge is 0.123 e. The SMILES string of the molecule is C#CC(C)NC(CN)c1cc(F)ccc1Br. The van der Waals surface area contributed by atoms with Crippen LogP contribution < -0.4 is 11.1 Å². The lowest BCUT2D eigenvalue weighted by Gasteiger charge is -2.20. The first-order chi connectivity index (χ1) is 7.58. The first kappa shape index (κ1) is 13.2. The predicted molar refractivity (Wildman–Crippen MR) is 67.3 cm³/mol. The molecule has 2 nitrogen and oxygen atoms in total. The lowest BCUT2D eigenvalue weighted by atomic mass is 10.1. The van der Waals surface area contributed by atoms with E-state index >= 15 is 0 Å². The van der Waals surface area contributed by atoms with Gasteiger partial charge in [0.25, 0.3) is 0 Å². The van der Waals surface area contributed by atoms with Crippen molar-refractivity contribution < 1.29 is 4.39 Å². The van der Waals surface area contributed by atoms with Crippen molar-refractivity contribution in [2.45, 2.75) is 19.0 Å². The summed E-state index contributed by atoms with van der Waals surface area (Å²) in [5.74, 6) is 2.27. The minimum atomic E-state index is -0.285. The summed E-state index contributed by atoms with van der Waals surface area (Å²) >= 11 is 3.37. The van der Waals surface area contributed by atoms with E-state index in [0.717, 1.165) is 10.0 Å². The number of benzene rings is 1. The Labute approximate surface area is 104 Å². The molecule has 3 N–H and O–H groups in total. The number of nitrogens with two attached hydrogens (primary N) is 1. The second-order valence-corrected chi connectivity index (χ2v) is 4.36. The maximum absolute atomic E-state index is 13.1. The van der Waals surface area contributed by atoms with Gasteiger partial charge in [0.15, 0.2) is 0 Å². The molecule has 2 unspecified atom stereocenters. The lowest BCUT2D eigenvalue weighted by molar-refractivity contribution is 0.512. The molecule has 0 saturated carbocycles. The Hall–Kier alpha value is -0.890. The van der Waals surface area contributed by atoms with Crippen molar-refractivity contribution in [3.8, 4) is 12.3 Å². The summed E-state index contributed by atoms with van der Waals surface area (Å²) in [6.45, 7) is 2.21. The van der Waals surface area contributed by atoms with E-state index < -0.39 is 0 Å². The highest BCUT2D eigenvalue weighted by Gasteiger charge is 2.15. The van der Waals surface area contributed by atoms with Crippen LogP contribution in [0.1, 0.15) is 18.5 Å². The molecule has 0 amide bonds. The maximum atomic E-state index is 13.1. The van der Waals surface area contributed by atoms with E-state index in [1.807, 2.05) is 6.92 Å². The minimum Gasteiger partial charge on any atom is -0.329 e. The van der Waals surface area contributed by atoms with Crippen molar-refractivity contribution in [2.75, 3.05) is 6.54 Å². The van der Waals surface area contributed by atoms with Gasteiger partial charge >= 0.3 is 0 Å². The molecular weight excluding hydrogens is 271 g/mol. The minimum absolute atomic E-state index is 0.108. The van der Waals surface area contributed by atoms with Crippen LogP contribution in [0, 0.1) is 18.2 Å². The molecule has 1 aromatic carbocycles. The molecule has 0 spiro atoms. The highest BCUT2D eigenvalue weighted by Crippen LogP contribution is 2.24. The highest BCUT2D eigenvalue weighted by atomic mass is 79.9. The first-order valence-corrected chi connectivity index (χ1v) is 5.75. The monoisotopic (exact) mass is 284 g/mol. The van der Waals surface area contributed by atoms with E-state index in [-0.39, 0.29) is 17.9 Å². The van der Waals surface area contributed by atoms with Gasteiger partial charge < -0.3 is 5.73 Å². The van der Waals surface area contributed by atoms with E-state index in [1.165, 1.54) is 12.1 Å². The number of halogens is 2. The van der Waals surface area contributed by atoms with Crippen molar-refractivity contribution in [1.29, 1.82) is 0 Å². The zero-order valence-corrected chi connectivity index (χ0v) is 10.6. The van der Waals surface area contributed by atoms with Crippen LogP contribution in [0.15, 0.2) is 22.7 Å². The number of terminal acetylenes is 1. The second kappa shape index (κ2) is 6.00. The van der Waals surface area contributed by atoms with E-state index in [4.69, 9.17) is 12.2 Å². The van der Waals surface area contributed by atoms with Crippen molar-refractivity contribution in [2.24, 2.45) is 5.73 Å². The summed E-state index contributed by atoms with van der Waals surface area (Å²) in [7, 11) is 0. The molecule has 0 aromatic heterocycles. The number of hydrogen-bond acceptors (Lipinski definition) is 2. The van der Waals surface area contributed by atoms with Crippen molar-refractivity contribution in [1.82, 2.24) is 5.32 Å². The van der Waals surface area contributed by atoms with Crippen LogP contribution in [0.4, 0.5) is 4.39 Å². The first-order valence-electron chi connectivity index (χ1n) is 4.95. The molecule has 4 heteroatoms. The number of hydrogen-bond donors (Lipinski definition) is 2. The Bertz CT molecular complexity index is 400. The van der Waals surface area contributed by atoms with Gasteiger partial charge in [0.05, 0.1) is 6.04 Å². The molecule has 0 aliphatic carbocycles. The van der Waals surface area contributed by atoms with Crippen LogP contribution in [-0.4, -0.2) is 12.6 Å². The third kappa shape index (κ3) is 3.31. The van der Waals surface area contributed by atoms with E-state index in [9.17, 15) is 4.39 Å². The molecule has 1 rings (SSSR count). The molecule has 16 heavy (non-hydrogen) atoms. The van der Waals surface area contributed by atoms with Crippen LogP contribution in [0.5, 0.6) is 0 Å². The summed E-state index contributed by atoms with van der Waals surface area (Å²) in [6, 6.07) is 4.25. The Morgan fingerprint density at radius 1 is 1.62 bits per heavy atom. The zero-order chi connectivity index (χ0) is 12.1. The average molecular weight is 285 g/mol. The average Bonchev–Trinajstić information content (AvgIpc) is 2.29. The molecule has 1 aromatic rings. The fourth-order valence-electron chi connectivity index (χ4n) is 1.42. The summed E-state index contributed by atoms with van der Waals surface area (Å²) in [5.41, 5.74) is 6.43. The van der Waals surface area contributed by atoms with Gasteiger partial charge in [-0.1, -0.05) is 21.9 Å². The van der Waals surface area contributed by atoms with Crippen LogP contribution in [0.25, 0.3) is 0 Å². The third-order valence-corrected chi connectivity index (χ3v) is 2.99. The van der Waals surface area contributed by atoms with Crippen LogP contribution in [0.2, 0.25) is 0 Å².